The van der Waals surface area contributed by atoms with Gasteiger partial charge < -0.3 is 20.4 Å². The van der Waals surface area contributed by atoms with Crippen molar-refractivity contribution >= 4 is 17.4 Å². The molecule has 1 heterocycles. The second-order valence-electron chi connectivity index (χ2n) is 4.82. The Morgan fingerprint density at radius 2 is 2.43 bits per heavy atom. The van der Waals surface area contributed by atoms with Gasteiger partial charge in [0.2, 0.25) is 0 Å². The molecule has 1 saturated heterocycles. The number of nitrogens with two attached hydrogens (primary N) is 1. The first-order valence-corrected chi connectivity index (χ1v) is 7.26. The number of hydrogen-bond acceptors (Lipinski definition) is 5. The summed E-state index contributed by atoms with van der Waals surface area (Å²) in [6.45, 7) is 6.18. The highest BCUT2D eigenvalue weighted by Gasteiger charge is 2.20. The predicted molar refractivity (Wildman–Crippen MR) is 81.3 cm³/mol. The minimum absolute atomic E-state index is 0.0271. The molecule has 1 aromatic rings. The van der Waals surface area contributed by atoms with Gasteiger partial charge in [0.1, 0.15) is 18.5 Å². The number of halogens is 1. The van der Waals surface area contributed by atoms with Gasteiger partial charge in [0, 0.05) is 18.7 Å². The van der Waals surface area contributed by atoms with Gasteiger partial charge in [-0.1, -0.05) is 23.7 Å². The van der Waals surface area contributed by atoms with Crippen LogP contribution in [0, 0.1) is 0 Å². The molecule has 3 N–H and O–H groups in total. The van der Waals surface area contributed by atoms with Crippen molar-refractivity contribution < 1.29 is 14.7 Å². The lowest BCUT2D eigenvalue weighted by Crippen LogP contribution is -2.44. The summed E-state index contributed by atoms with van der Waals surface area (Å²) in [4.78, 5) is 2.33. The van der Waals surface area contributed by atoms with E-state index in [2.05, 4.69) is 17.0 Å². The molecule has 1 atom stereocenters. The second kappa shape index (κ2) is 7.49. The summed E-state index contributed by atoms with van der Waals surface area (Å²) >= 11 is 6.08. The highest BCUT2D eigenvalue weighted by atomic mass is 35.5. The lowest BCUT2D eigenvalue weighted by atomic mass is 10.2. The van der Waals surface area contributed by atoms with E-state index in [0.717, 1.165) is 26.2 Å². The van der Waals surface area contributed by atoms with Crippen molar-refractivity contribution in [3.8, 4) is 5.75 Å². The van der Waals surface area contributed by atoms with Crippen molar-refractivity contribution in [2.75, 3.05) is 32.8 Å². The van der Waals surface area contributed by atoms with Crippen molar-refractivity contribution in [1.29, 1.82) is 0 Å². The van der Waals surface area contributed by atoms with Gasteiger partial charge in [-0.15, -0.1) is 0 Å². The molecule has 1 aliphatic heterocycles. The fourth-order valence-corrected chi connectivity index (χ4v) is 2.47. The highest BCUT2D eigenvalue weighted by molar-refractivity contribution is 6.34. The van der Waals surface area contributed by atoms with Crippen molar-refractivity contribution in [3.63, 3.8) is 0 Å². The normalized spacial score (nSPS) is 20.5. The number of oxime groups is 1. The molecule has 0 aromatic heterocycles. The van der Waals surface area contributed by atoms with Crippen molar-refractivity contribution in [2.24, 2.45) is 10.9 Å². The fourth-order valence-electron chi connectivity index (χ4n) is 2.20. The van der Waals surface area contributed by atoms with E-state index in [1.165, 1.54) is 0 Å². The Kier molecular flexibility index (Phi) is 5.67. The van der Waals surface area contributed by atoms with Crippen LogP contribution in [0.15, 0.2) is 23.4 Å². The number of rotatable bonds is 5. The Hall–Kier alpha value is -1.50. The molecular weight excluding hydrogens is 294 g/mol. The average Bonchev–Trinajstić information content (AvgIpc) is 2.52. The Bertz CT molecular complexity index is 510. The van der Waals surface area contributed by atoms with Crippen LogP contribution in [-0.2, 0) is 4.74 Å². The Labute approximate surface area is 129 Å². The van der Waals surface area contributed by atoms with E-state index >= 15 is 0 Å². The summed E-state index contributed by atoms with van der Waals surface area (Å²) in [5.41, 5.74) is 5.99. The van der Waals surface area contributed by atoms with Gasteiger partial charge in [0.05, 0.1) is 11.6 Å². The third-order valence-corrected chi connectivity index (χ3v) is 3.74. The van der Waals surface area contributed by atoms with Crippen LogP contribution >= 0.6 is 11.6 Å². The number of amidine groups is 1. The Balaban J connectivity index is 1.93. The van der Waals surface area contributed by atoms with E-state index < -0.39 is 0 Å². The maximum absolute atomic E-state index is 8.66. The summed E-state index contributed by atoms with van der Waals surface area (Å²) in [6, 6.07) is 5.04. The molecule has 6 nitrogen and oxygen atoms in total. The molecule has 2 rings (SSSR count). The molecule has 1 fully saturated rings. The molecule has 1 aliphatic rings. The molecule has 0 amide bonds. The maximum Gasteiger partial charge on any atom is 0.171 e. The van der Waals surface area contributed by atoms with Gasteiger partial charge in [-0.3, -0.25) is 4.90 Å². The minimum atomic E-state index is -0.0271. The number of likely N-dealkylation sites (N-methyl/N-ethyl adjacent to an activating group) is 1. The average molecular weight is 314 g/mol. The van der Waals surface area contributed by atoms with Gasteiger partial charge in [0.15, 0.2) is 5.84 Å². The summed E-state index contributed by atoms with van der Waals surface area (Å²) in [5, 5.41) is 12.0. The first-order valence-electron chi connectivity index (χ1n) is 6.88. The predicted octanol–water partition coefficient (Wildman–Crippen LogP) is 1.53. The van der Waals surface area contributed by atoms with Crippen molar-refractivity contribution in [3.05, 3.63) is 28.8 Å². The molecule has 7 heteroatoms. The van der Waals surface area contributed by atoms with E-state index in [4.69, 9.17) is 32.0 Å². The first-order chi connectivity index (χ1) is 10.1. The molecule has 0 bridgehead atoms. The molecule has 0 saturated carbocycles. The third kappa shape index (κ3) is 4.23. The highest BCUT2D eigenvalue weighted by Crippen LogP contribution is 2.23. The summed E-state index contributed by atoms with van der Waals surface area (Å²) in [5.74, 6) is 0.604. The van der Waals surface area contributed by atoms with E-state index in [-0.39, 0.29) is 11.9 Å². The largest absolute Gasteiger partial charge is 0.491 e. The van der Waals surface area contributed by atoms with E-state index in [0.29, 0.717) is 22.9 Å². The lowest BCUT2D eigenvalue weighted by Gasteiger charge is -2.31. The molecule has 0 spiro atoms. The zero-order valence-electron chi connectivity index (χ0n) is 12.0. The number of hydrogen-bond donors (Lipinski definition) is 2. The van der Waals surface area contributed by atoms with Crippen LogP contribution in [-0.4, -0.2) is 54.9 Å². The molecule has 0 aliphatic carbocycles. The van der Waals surface area contributed by atoms with Gasteiger partial charge in [-0.2, -0.15) is 0 Å². The van der Waals surface area contributed by atoms with Crippen LogP contribution in [0.1, 0.15) is 12.5 Å². The van der Waals surface area contributed by atoms with Crippen LogP contribution in [0.5, 0.6) is 5.75 Å². The molecule has 1 aromatic carbocycles. The summed E-state index contributed by atoms with van der Waals surface area (Å²) in [6.07, 6.45) is 0.0567. The molecule has 1 unspecified atom stereocenters. The van der Waals surface area contributed by atoms with Gasteiger partial charge >= 0.3 is 0 Å². The van der Waals surface area contributed by atoms with Crippen LogP contribution in [0.4, 0.5) is 0 Å². The zero-order chi connectivity index (χ0) is 15.2. The van der Waals surface area contributed by atoms with Gasteiger partial charge in [-0.25, -0.2) is 0 Å². The third-order valence-electron chi connectivity index (χ3n) is 3.43. The summed E-state index contributed by atoms with van der Waals surface area (Å²) < 4.78 is 11.4. The monoisotopic (exact) mass is 313 g/mol. The van der Waals surface area contributed by atoms with Crippen molar-refractivity contribution in [2.45, 2.75) is 13.0 Å². The van der Waals surface area contributed by atoms with Crippen molar-refractivity contribution in [1.82, 2.24) is 4.90 Å². The van der Waals surface area contributed by atoms with Crippen LogP contribution < -0.4 is 10.5 Å². The number of morpholine rings is 1. The molecule has 21 heavy (non-hydrogen) atoms. The van der Waals surface area contributed by atoms with E-state index in [1.807, 2.05) is 0 Å². The van der Waals surface area contributed by atoms with E-state index in [9.17, 15) is 0 Å². The van der Waals surface area contributed by atoms with Crippen LogP contribution in [0.2, 0.25) is 5.02 Å². The maximum atomic E-state index is 8.66. The van der Waals surface area contributed by atoms with E-state index in [1.54, 1.807) is 18.2 Å². The topological polar surface area (TPSA) is 80.3 Å². The molecule has 0 radical (unpaired) electrons. The lowest BCUT2D eigenvalue weighted by molar-refractivity contribution is -0.0464. The minimum Gasteiger partial charge on any atom is -0.491 e. The van der Waals surface area contributed by atoms with Gasteiger partial charge in [0.25, 0.3) is 0 Å². The summed E-state index contributed by atoms with van der Waals surface area (Å²) in [7, 11) is 0. The van der Waals surface area contributed by atoms with Crippen LogP contribution in [0.25, 0.3) is 0 Å². The fraction of sp³-hybridized carbons (Fsp3) is 0.500. The number of ether oxygens (including phenoxy) is 2. The first kappa shape index (κ1) is 15.9. The Morgan fingerprint density at radius 1 is 1.62 bits per heavy atom. The Morgan fingerprint density at radius 3 is 3.10 bits per heavy atom. The quantitative estimate of drug-likeness (QED) is 0.373. The van der Waals surface area contributed by atoms with Gasteiger partial charge in [-0.05, 0) is 24.7 Å². The van der Waals surface area contributed by atoms with Crippen LogP contribution in [0.3, 0.4) is 0 Å². The molecule has 116 valence electrons. The number of nitrogens with zero attached hydrogens (tertiary/aromatic N) is 2. The smallest absolute Gasteiger partial charge is 0.171 e. The molecular formula is C14H20ClN3O3. The zero-order valence-corrected chi connectivity index (χ0v) is 12.7. The SMILES string of the molecule is CCN1CCOC(COc2ccc(/C(N)=N/O)c(Cl)c2)C1. The standard InChI is InChI=1S/C14H20ClN3O3/c1-2-18-5-6-20-11(8-18)9-21-10-3-4-12(13(15)7-10)14(16)17-19/h3-4,7,11,19H,2,5-6,8-9H2,1H3,(H2,16,17). The second-order valence-corrected chi connectivity index (χ2v) is 5.23. The number of benzene rings is 1.